The quantitative estimate of drug-likeness (QED) is 0.919. The first-order valence-electron chi connectivity index (χ1n) is 7.69. The fourth-order valence-electron chi connectivity index (χ4n) is 2.68. The van der Waals surface area contributed by atoms with E-state index in [2.05, 4.69) is 30.8 Å². The Kier molecular flexibility index (Phi) is 5.17. The summed E-state index contributed by atoms with van der Waals surface area (Å²) in [4.78, 5) is 20.8. The number of carbonyl (C=O) groups excluding carboxylic acids is 1. The molecule has 2 heterocycles. The van der Waals surface area contributed by atoms with Gasteiger partial charge in [-0.15, -0.1) is 0 Å². The molecule has 1 saturated heterocycles. The third-order valence-corrected chi connectivity index (χ3v) is 4.37. The minimum Gasteiger partial charge on any atom is -0.397 e. The number of hydrogen-bond donors (Lipinski definition) is 1. The van der Waals surface area contributed by atoms with Gasteiger partial charge in [0.2, 0.25) is 0 Å². The number of carbonyl (C=O) groups is 1. The Morgan fingerprint density at radius 3 is 2.71 bits per heavy atom. The van der Waals surface area contributed by atoms with Crippen LogP contribution in [0.5, 0.6) is 0 Å². The summed E-state index contributed by atoms with van der Waals surface area (Å²) in [5.74, 6) is 0.631. The second-order valence-electron chi connectivity index (χ2n) is 6.21. The van der Waals surface area contributed by atoms with E-state index in [0.29, 0.717) is 23.3 Å². The molecule has 0 aromatic carbocycles. The van der Waals surface area contributed by atoms with Crippen LogP contribution < -0.4 is 5.73 Å². The Morgan fingerprint density at radius 1 is 1.48 bits per heavy atom. The molecule has 1 aliphatic heterocycles. The molecule has 1 aromatic rings. The van der Waals surface area contributed by atoms with E-state index in [-0.39, 0.29) is 5.91 Å². The van der Waals surface area contributed by atoms with Gasteiger partial charge in [-0.3, -0.25) is 4.79 Å². The van der Waals surface area contributed by atoms with Crippen LogP contribution in [0.15, 0.2) is 18.3 Å². The van der Waals surface area contributed by atoms with Crippen molar-refractivity contribution in [2.75, 3.05) is 32.4 Å². The van der Waals surface area contributed by atoms with E-state index in [0.717, 1.165) is 32.5 Å². The molecule has 1 aromatic heterocycles. The van der Waals surface area contributed by atoms with Crippen molar-refractivity contribution in [1.29, 1.82) is 0 Å². The summed E-state index contributed by atoms with van der Waals surface area (Å²) in [5, 5.41) is 0. The topological polar surface area (TPSA) is 62.5 Å². The summed E-state index contributed by atoms with van der Waals surface area (Å²) in [7, 11) is 2.16. The maximum atomic E-state index is 12.4. The first-order chi connectivity index (χ1) is 9.99. The average Bonchev–Trinajstić information content (AvgIpc) is 2.47. The summed E-state index contributed by atoms with van der Waals surface area (Å²) in [6, 6.07) is 4.04. The smallest absolute Gasteiger partial charge is 0.274 e. The number of anilines is 1. The van der Waals surface area contributed by atoms with Crippen LogP contribution in [0.1, 0.15) is 37.2 Å². The number of pyridine rings is 1. The van der Waals surface area contributed by atoms with Crippen LogP contribution in [0, 0.1) is 5.92 Å². The van der Waals surface area contributed by atoms with Crippen molar-refractivity contribution in [1.82, 2.24) is 14.8 Å². The fourth-order valence-corrected chi connectivity index (χ4v) is 2.68. The van der Waals surface area contributed by atoms with E-state index >= 15 is 0 Å². The SMILES string of the molecule is CC(C)N(C)CC1CCN(C(=O)c2ncccc2N)CC1. The zero-order valence-electron chi connectivity index (χ0n) is 13.2. The Bertz CT molecular complexity index is 481. The van der Waals surface area contributed by atoms with E-state index in [9.17, 15) is 4.79 Å². The Hall–Kier alpha value is -1.62. The number of nitrogens with two attached hydrogens (primary N) is 1. The lowest BCUT2D eigenvalue weighted by Crippen LogP contribution is -2.42. The van der Waals surface area contributed by atoms with Gasteiger partial charge in [0.1, 0.15) is 0 Å². The average molecular weight is 290 g/mol. The highest BCUT2D eigenvalue weighted by Gasteiger charge is 2.26. The van der Waals surface area contributed by atoms with Crippen molar-refractivity contribution in [3.63, 3.8) is 0 Å². The van der Waals surface area contributed by atoms with Gasteiger partial charge in [-0.25, -0.2) is 4.98 Å². The molecule has 5 heteroatoms. The first kappa shape index (κ1) is 15.8. The molecule has 21 heavy (non-hydrogen) atoms. The van der Waals surface area contributed by atoms with Crippen LogP contribution in [-0.2, 0) is 0 Å². The van der Waals surface area contributed by atoms with Gasteiger partial charge in [-0.05, 0) is 51.8 Å². The normalized spacial score (nSPS) is 16.7. The lowest BCUT2D eigenvalue weighted by atomic mass is 9.95. The van der Waals surface area contributed by atoms with Gasteiger partial charge in [-0.1, -0.05) is 0 Å². The number of piperidine rings is 1. The third kappa shape index (κ3) is 3.94. The Labute approximate surface area is 127 Å². The molecule has 0 unspecified atom stereocenters. The van der Waals surface area contributed by atoms with Crippen LogP contribution in [-0.4, -0.2) is 53.4 Å². The predicted octanol–water partition coefficient (Wildman–Crippen LogP) is 1.86. The van der Waals surface area contributed by atoms with Gasteiger partial charge in [-0.2, -0.15) is 0 Å². The third-order valence-electron chi connectivity index (χ3n) is 4.37. The number of nitrogens with zero attached hydrogens (tertiary/aromatic N) is 3. The largest absolute Gasteiger partial charge is 0.397 e. The number of likely N-dealkylation sites (tertiary alicyclic amines) is 1. The molecule has 1 amide bonds. The van der Waals surface area contributed by atoms with Crippen LogP contribution in [0.2, 0.25) is 0 Å². The maximum absolute atomic E-state index is 12.4. The standard InChI is InChI=1S/C16H26N4O/c1-12(2)19(3)11-13-6-9-20(10-7-13)16(21)15-14(17)5-4-8-18-15/h4-5,8,12-13H,6-7,9-11,17H2,1-3H3. The molecule has 116 valence electrons. The van der Waals surface area contributed by atoms with Crippen molar-refractivity contribution in [2.24, 2.45) is 5.92 Å². The summed E-state index contributed by atoms with van der Waals surface area (Å²) in [5.41, 5.74) is 6.68. The van der Waals surface area contributed by atoms with Gasteiger partial charge in [0.15, 0.2) is 5.69 Å². The van der Waals surface area contributed by atoms with Crippen LogP contribution in [0.3, 0.4) is 0 Å². The summed E-state index contributed by atoms with van der Waals surface area (Å²) >= 11 is 0. The lowest BCUT2D eigenvalue weighted by molar-refractivity contribution is 0.0661. The van der Waals surface area contributed by atoms with Gasteiger partial charge >= 0.3 is 0 Å². The van der Waals surface area contributed by atoms with Crippen molar-refractivity contribution in [2.45, 2.75) is 32.7 Å². The number of aromatic nitrogens is 1. The second kappa shape index (κ2) is 6.89. The fraction of sp³-hybridized carbons (Fsp3) is 0.625. The van der Waals surface area contributed by atoms with E-state index in [1.807, 2.05) is 4.90 Å². The molecule has 5 nitrogen and oxygen atoms in total. The van der Waals surface area contributed by atoms with E-state index in [4.69, 9.17) is 5.73 Å². The van der Waals surface area contributed by atoms with Crippen LogP contribution in [0.4, 0.5) is 5.69 Å². The minimum absolute atomic E-state index is 0.0382. The van der Waals surface area contributed by atoms with Crippen LogP contribution >= 0.6 is 0 Å². The summed E-state index contributed by atoms with van der Waals surface area (Å²) in [6.07, 6.45) is 3.72. The maximum Gasteiger partial charge on any atom is 0.274 e. The molecule has 0 atom stereocenters. The lowest BCUT2D eigenvalue weighted by Gasteiger charge is -2.34. The summed E-state index contributed by atoms with van der Waals surface area (Å²) in [6.45, 7) is 7.12. The molecule has 1 fully saturated rings. The van der Waals surface area contributed by atoms with E-state index in [1.54, 1.807) is 18.3 Å². The molecular formula is C16H26N4O. The van der Waals surface area contributed by atoms with Crippen molar-refractivity contribution >= 4 is 11.6 Å². The molecule has 0 aliphatic carbocycles. The highest BCUT2D eigenvalue weighted by atomic mass is 16.2. The van der Waals surface area contributed by atoms with E-state index in [1.165, 1.54) is 0 Å². The van der Waals surface area contributed by atoms with Gasteiger partial charge in [0, 0.05) is 31.9 Å². The number of nitrogen functional groups attached to an aromatic ring is 1. The minimum atomic E-state index is -0.0382. The molecule has 0 bridgehead atoms. The molecule has 0 radical (unpaired) electrons. The number of rotatable bonds is 4. The predicted molar refractivity (Wildman–Crippen MR) is 85.0 cm³/mol. The van der Waals surface area contributed by atoms with Crippen molar-refractivity contribution < 1.29 is 4.79 Å². The molecule has 0 spiro atoms. The number of hydrogen-bond acceptors (Lipinski definition) is 4. The zero-order valence-corrected chi connectivity index (χ0v) is 13.2. The molecular weight excluding hydrogens is 264 g/mol. The van der Waals surface area contributed by atoms with Gasteiger partial charge < -0.3 is 15.5 Å². The van der Waals surface area contributed by atoms with Crippen molar-refractivity contribution in [3.05, 3.63) is 24.0 Å². The van der Waals surface area contributed by atoms with Crippen molar-refractivity contribution in [3.8, 4) is 0 Å². The highest BCUT2D eigenvalue weighted by molar-refractivity contribution is 5.97. The van der Waals surface area contributed by atoms with E-state index < -0.39 is 0 Å². The summed E-state index contributed by atoms with van der Waals surface area (Å²) < 4.78 is 0. The Balaban J connectivity index is 1.89. The van der Waals surface area contributed by atoms with Crippen LogP contribution in [0.25, 0.3) is 0 Å². The first-order valence-corrected chi connectivity index (χ1v) is 7.69. The van der Waals surface area contributed by atoms with Gasteiger partial charge in [0.05, 0.1) is 5.69 Å². The Morgan fingerprint density at radius 2 is 2.14 bits per heavy atom. The monoisotopic (exact) mass is 290 g/mol. The molecule has 1 aliphatic rings. The molecule has 2 N–H and O–H groups in total. The van der Waals surface area contributed by atoms with Gasteiger partial charge in [0.25, 0.3) is 5.91 Å². The zero-order chi connectivity index (χ0) is 15.4. The highest BCUT2D eigenvalue weighted by Crippen LogP contribution is 2.21. The molecule has 2 rings (SSSR count). The molecule has 0 saturated carbocycles. The second-order valence-corrected chi connectivity index (χ2v) is 6.21. The number of amides is 1.